The first-order valence-corrected chi connectivity index (χ1v) is 10.1. The van der Waals surface area contributed by atoms with Crippen LogP contribution in [0.4, 0.5) is 0 Å². The van der Waals surface area contributed by atoms with Crippen LogP contribution in [-0.2, 0) is 9.84 Å². The van der Waals surface area contributed by atoms with Crippen LogP contribution in [0.2, 0.25) is 0 Å². The highest BCUT2D eigenvalue weighted by Crippen LogP contribution is 2.27. The summed E-state index contributed by atoms with van der Waals surface area (Å²) in [5, 5.41) is 8.89. The van der Waals surface area contributed by atoms with E-state index in [4.69, 9.17) is 0 Å². The van der Waals surface area contributed by atoms with Crippen molar-refractivity contribution in [2.45, 2.75) is 12.3 Å². The lowest BCUT2D eigenvalue weighted by molar-refractivity contribution is 0.0749. The number of carbonyl (C=O) groups excluding carboxylic acids is 1. The highest BCUT2D eigenvalue weighted by atomic mass is 79.9. The summed E-state index contributed by atoms with van der Waals surface area (Å²) in [4.78, 5) is 14.0. The molecule has 0 aliphatic carbocycles. The standard InChI is InChI=1S/C13H16BrNO4S2/c1-2-21(18,19)12-8-20-6-5-15(12)13(17)9-3-4-10(14)11(16)7-9/h3-4,7,12,16H,2,5-6,8H2,1H3. The zero-order chi connectivity index (χ0) is 15.6. The van der Waals surface area contributed by atoms with Gasteiger partial charge in [-0.15, -0.1) is 0 Å². The fourth-order valence-corrected chi connectivity index (χ4v) is 5.33. The number of rotatable bonds is 3. The SMILES string of the molecule is CCS(=O)(=O)C1CSCCN1C(=O)c1ccc(Br)c(O)c1. The van der Waals surface area contributed by atoms with E-state index in [1.165, 1.54) is 22.7 Å². The first-order valence-electron chi connectivity index (χ1n) is 6.45. The van der Waals surface area contributed by atoms with Gasteiger partial charge in [-0.25, -0.2) is 8.42 Å². The lowest BCUT2D eigenvalue weighted by atomic mass is 10.2. The average molecular weight is 394 g/mol. The maximum atomic E-state index is 12.6. The molecule has 8 heteroatoms. The second kappa shape index (κ2) is 6.58. The maximum absolute atomic E-state index is 12.6. The monoisotopic (exact) mass is 393 g/mol. The maximum Gasteiger partial charge on any atom is 0.255 e. The molecule has 0 spiro atoms. The largest absolute Gasteiger partial charge is 0.507 e. The molecule has 1 aromatic carbocycles. The van der Waals surface area contributed by atoms with Gasteiger partial charge in [0.25, 0.3) is 5.91 Å². The van der Waals surface area contributed by atoms with E-state index in [0.717, 1.165) is 0 Å². The number of hydrogen-bond acceptors (Lipinski definition) is 5. The van der Waals surface area contributed by atoms with Crippen LogP contribution in [0.5, 0.6) is 5.75 Å². The van der Waals surface area contributed by atoms with Gasteiger partial charge >= 0.3 is 0 Å². The Balaban J connectivity index is 2.33. The molecule has 0 bridgehead atoms. The molecule has 1 saturated heterocycles. The zero-order valence-corrected chi connectivity index (χ0v) is 14.7. The van der Waals surface area contributed by atoms with Gasteiger partial charge in [0.05, 0.1) is 4.47 Å². The van der Waals surface area contributed by atoms with Gasteiger partial charge in [-0.05, 0) is 34.1 Å². The summed E-state index contributed by atoms with van der Waals surface area (Å²) in [5.74, 6) is 0.712. The van der Waals surface area contributed by atoms with E-state index in [9.17, 15) is 18.3 Å². The zero-order valence-electron chi connectivity index (χ0n) is 11.5. The van der Waals surface area contributed by atoms with E-state index in [-0.39, 0.29) is 17.4 Å². The predicted molar refractivity (Wildman–Crippen MR) is 87.4 cm³/mol. The molecule has 0 aromatic heterocycles. The smallest absolute Gasteiger partial charge is 0.255 e. The summed E-state index contributed by atoms with van der Waals surface area (Å²) in [6, 6.07) is 4.50. The van der Waals surface area contributed by atoms with Gasteiger partial charge in [-0.2, -0.15) is 11.8 Å². The Labute approximate surface area is 136 Å². The molecule has 2 rings (SSSR count). The Morgan fingerprint density at radius 1 is 1.52 bits per heavy atom. The highest BCUT2D eigenvalue weighted by molar-refractivity contribution is 9.10. The number of carbonyl (C=O) groups is 1. The molecule has 1 aliphatic rings. The molecule has 1 aromatic rings. The van der Waals surface area contributed by atoms with Crippen LogP contribution in [0.1, 0.15) is 17.3 Å². The number of amides is 1. The normalized spacial score (nSPS) is 19.5. The number of phenolic OH excluding ortho intramolecular Hbond substituents is 1. The topological polar surface area (TPSA) is 74.7 Å². The fourth-order valence-electron chi connectivity index (χ4n) is 2.11. The van der Waals surface area contributed by atoms with Crippen molar-refractivity contribution in [1.29, 1.82) is 0 Å². The molecule has 21 heavy (non-hydrogen) atoms. The molecular formula is C13H16BrNO4S2. The number of sulfone groups is 1. The predicted octanol–water partition coefficient (Wildman–Crippen LogP) is 2.10. The van der Waals surface area contributed by atoms with E-state index in [1.807, 2.05) is 0 Å². The molecular weight excluding hydrogens is 378 g/mol. The molecule has 1 amide bonds. The van der Waals surface area contributed by atoms with E-state index >= 15 is 0 Å². The Morgan fingerprint density at radius 3 is 2.86 bits per heavy atom. The Kier molecular flexibility index (Phi) is 5.21. The minimum Gasteiger partial charge on any atom is -0.507 e. The van der Waals surface area contributed by atoms with E-state index < -0.39 is 15.2 Å². The van der Waals surface area contributed by atoms with Crippen molar-refractivity contribution >= 4 is 43.4 Å². The number of benzene rings is 1. The number of hydrogen-bond donors (Lipinski definition) is 1. The molecule has 5 nitrogen and oxygen atoms in total. The third kappa shape index (κ3) is 3.54. The number of halogens is 1. The number of thioether (sulfide) groups is 1. The van der Waals surface area contributed by atoms with Gasteiger partial charge in [0.2, 0.25) is 0 Å². The van der Waals surface area contributed by atoms with Crippen LogP contribution < -0.4 is 0 Å². The summed E-state index contributed by atoms with van der Waals surface area (Å²) >= 11 is 4.69. The number of phenols is 1. The average Bonchev–Trinajstić information content (AvgIpc) is 2.49. The summed E-state index contributed by atoms with van der Waals surface area (Å²) in [6.45, 7) is 1.98. The van der Waals surface area contributed by atoms with Crippen molar-refractivity contribution in [3.8, 4) is 5.75 Å². The molecule has 1 atom stereocenters. The van der Waals surface area contributed by atoms with Crippen molar-refractivity contribution in [1.82, 2.24) is 4.90 Å². The third-order valence-corrected chi connectivity index (χ3v) is 7.31. The van der Waals surface area contributed by atoms with E-state index in [2.05, 4.69) is 15.9 Å². The summed E-state index contributed by atoms with van der Waals surface area (Å²) in [7, 11) is -3.33. The van der Waals surface area contributed by atoms with E-state index in [1.54, 1.807) is 19.1 Å². The second-order valence-electron chi connectivity index (χ2n) is 4.65. The molecule has 1 N–H and O–H groups in total. The molecule has 0 saturated carbocycles. The van der Waals surface area contributed by atoms with Crippen LogP contribution in [0, 0.1) is 0 Å². The van der Waals surface area contributed by atoms with E-state index in [0.29, 0.717) is 28.1 Å². The van der Waals surface area contributed by atoms with Gasteiger partial charge in [0, 0.05) is 29.4 Å². The van der Waals surface area contributed by atoms with Crippen molar-refractivity contribution < 1.29 is 18.3 Å². The molecule has 1 aliphatic heterocycles. The van der Waals surface area contributed by atoms with Gasteiger partial charge in [-0.3, -0.25) is 4.79 Å². The quantitative estimate of drug-likeness (QED) is 0.850. The number of aromatic hydroxyl groups is 1. The first kappa shape index (κ1) is 16.6. The van der Waals surface area contributed by atoms with Crippen molar-refractivity contribution in [2.24, 2.45) is 0 Å². The Bertz CT molecular complexity index is 648. The minimum atomic E-state index is -3.33. The van der Waals surface area contributed by atoms with Crippen LogP contribution >= 0.6 is 27.7 Å². The highest BCUT2D eigenvalue weighted by Gasteiger charge is 2.36. The molecule has 1 heterocycles. The van der Waals surface area contributed by atoms with Crippen LogP contribution in [0.3, 0.4) is 0 Å². The first-order chi connectivity index (χ1) is 9.86. The lowest BCUT2D eigenvalue weighted by Gasteiger charge is -2.34. The second-order valence-corrected chi connectivity index (χ2v) is 9.10. The van der Waals surface area contributed by atoms with Gasteiger partial charge in [0.15, 0.2) is 9.84 Å². The fraction of sp³-hybridized carbons (Fsp3) is 0.462. The minimum absolute atomic E-state index is 0.00753. The summed E-state index contributed by atoms with van der Waals surface area (Å²) in [5.41, 5.74) is 0.291. The molecule has 1 fully saturated rings. The van der Waals surface area contributed by atoms with Crippen molar-refractivity contribution in [3.63, 3.8) is 0 Å². The van der Waals surface area contributed by atoms with Gasteiger partial charge in [0.1, 0.15) is 11.1 Å². The van der Waals surface area contributed by atoms with Crippen LogP contribution in [0.15, 0.2) is 22.7 Å². The number of nitrogens with zero attached hydrogens (tertiary/aromatic N) is 1. The lowest BCUT2D eigenvalue weighted by Crippen LogP contribution is -2.50. The molecule has 116 valence electrons. The molecule has 1 unspecified atom stereocenters. The Morgan fingerprint density at radius 2 is 2.24 bits per heavy atom. The Hall–Kier alpha value is -0.730. The van der Waals surface area contributed by atoms with Crippen molar-refractivity contribution in [3.05, 3.63) is 28.2 Å². The summed E-state index contributed by atoms with van der Waals surface area (Å²) in [6.07, 6.45) is 0. The van der Waals surface area contributed by atoms with Crippen LogP contribution in [-0.4, -0.2) is 53.5 Å². The van der Waals surface area contributed by atoms with Crippen molar-refractivity contribution in [2.75, 3.05) is 23.8 Å². The van der Waals surface area contributed by atoms with Gasteiger partial charge < -0.3 is 10.0 Å². The van der Waals surface area contributed by atoms with Gasteiger partial charge in [-0.1, -0.05) is 6.92 Å². The molecule has 0 radical (unpaired) electrons. The van der Waals surface area contributed by atoms with Crippen LogP contribution in [0.25, 0.3) is 0 Å². The summed E-state index contributed by atoms with van der Waals surface area (Å²) < 4.78 is 24.8. The third-order valence-electron chi connectivity index (χ3n) is 3.36.